The summed E-state index contributed by atoms with van der Waals surface area (Å²) in [6.45, 7) is 0.717. The van der Waals surface area contributed by atoms with Crippen LogP contribution in [0.4, 0.5) is 0 Å². The molecule has 4 aromatic rings. The predicted molar refractivity (Wildman–Crippen MR) is 115 cm³/mol. The highest BCUT2D eigenvalue weighted by Crippen LogP contribution is 2.22. The van der Waals surface area contributed by atoms with E-state index < -0.39 is 0 Å². The molecule has 0 fully saturated rings. The maximum absolute atomic E-state index is 6.12. The lowest BCUT2D eigenvalue weighted by atomic mass is 10.2. The molecule has 0 aliphatic carbocycles. The van der Waals surface area contributed by atoms with Crippen molar-refractivity contribution in [1.29, 1.82) is 0 Å². The van der Waals surface area contributed by atoms with Crippen LogP contribution >= 0.6 is 11.6 Å². The van der Waals surface area contributed by atoms with Crippen molar-refractivity contribution in [3.05, 3.63) is 101 Å². The quantitative estimate of drug-likeness (QED) is 0.311. The minimum Gasteiger partial charge on any atom is -0.380 e. The van der Waals surface area contributed by atoms with Crippen LogP contribution in [0.3, 0.4) is 0 Å². The molecule has 0 bridgehead atoms. The zero-order chi connectivity index (χ0) is 19.3. The molecule has 0 amide bonds. The Morgan fingerprint density at radius 2 is 1.93 bits per heavy atom. The molecule has 28 heavy (non-hydrogen) atoms. The fraction of sp³-hybridized carbons (Fsp3) is 0.0455. The SMILES string of the molecule is N/C(=N\N=C\c1cn(Cc2cccc(Cl)c2)c2ccccc12)c1ccccn1. The monoisotopic (exact) mass is 387 g/mol. The fourth-order valence-electron chi connectivity index (χ4n) is 3.06. The Morgan fingerprint density at radius 3 is 2.75 bits per heavy atom. The highest BCUT2D eigenvalue weighted by Gasteiger charge is 2.07. The van der Waals surface area contributed by atoms with Gasteiger partial charge >= 0.3 is 0 Å². The van der Waals surface area contributed by atoms with Crippen molar-refractivity contribution in [1.82, 2.24) is 9.55 Å². The van der Waals surface area contributed by atoms with E-state index in [4.69, 9.17) is 17.3 Å². The second-order valence-corrected chi connectivity index (χ2v) is 6.74. The minimum atomic E-state index is 0.277. The smallest absolute Gasteiger partial charge is 0.171 e. The van der Waals surface area contributed by atoms with E-state index in [1.54, 1.807) is 18.5 Å². The third-order valence-corrected chi connectivity index (χ3v) is 4.59. The molecule has 2 aromatic heterocycles. The van der Waals surface area contributed by atoms with Crippen molar-refractivity contribution in [2.24, 2.45) is 15.9 Å². The van der Waals surface area contributed by atoms with Gasteiger partial charge in [0, 0.05) is 40.4 Å². The first-order valence-electron chi connectivity index (χ1n) is 8.81. The summed E-state index contributed by atoms with van der Waals surface area (Å²) in [5, 5.41) is 10.1. The van der Waals surface area contributed by atoms with Gasteiger partial charge in [-0.3, -0.25) is 4.98 Å². The van der Waals surface area contributed by atoms with Crippen molar-refractivity contribution in [3.8, 4) is 0 Å². The first-order chi connectivity index (χ1) is 13.7. The van der Waals surface area contributed by atoms with E-state index in [1.807, 2.05) is 42.5 Å². The van der Waals surface area contributed by atoms with Crippen LogP contribution in [0.1, 0.15) is 16.8 Å². The molecule has 2 aromatic carbocycles. The Kier molecular flexibility index (Phi) is 5.17. The molecule has 138 valence electrons. The van der Waals surface area contributed by atoms with Gasteiger partial charge in [-0.2, -0.15) is 5.10 Å². The number of para-hydroxylation sites is 1. The number of pyridine rings is 1. The Hall–Kier alpha value is -3.44. The molecule has 0 spiro atoms. The molecule has 0 saturated carbocycles. The van der Waals surface area contributed by atoms with Crippen molar-refractivity contribution >= 4 is 34.6 Å². The number of aromatic nitrogens is 2. The summed E-state index contributed by atoms with van der Waals surface area (Å²) in [6.07, 6.45) is 5.44. The number of fused-ring (bicyclic) bond motifs is 1. The first-order valence-corrected chi connectivity index (χ1v) is 9.19. The van der Waals surface area contributed by atoms with Crippen LogP contribution in [-0.4, -0.2) is 21.6 Å². The molecule has 0 atom stereocenters. The maximum atomic E-state index is 6.12. The molecule has 0 aliphatic rings. The zero-order valence-electron chi connectivity index (χ0n) is 15.0. The predicted octanol–water partition coefficient (Wildman–Crippen LogP) is 4.48. The second-order valence-electron chi connectivity index (χ2n) is 6.30. The summed E-state index contributed by atoms with van der Waals surface area (Å²) in [5.74, 6) is 0.277. The number of hydrogen-bond acceptors (Lipinski definition) is 3. The average molecular weight is 388 g/mol. The molecule has 4 rings (SSSR count). The number of halogens is 1. The van der Waals surface area contributed by atoms with Gasteiger partial charge in [0.1, 0.15) is 5.69 Å². The van der Waals surface area contributed by atoms with Gasteiger partial charge in [-0.1, -0.05) is 48.0 Å². The van der Waals surface area contributed by atoms with Gasteiger partial charge in [-0.25, -0.2) is 0 Å². The van der Waals surface area contributed by atoms with Crippen molar-refractivity contribution in [2.45, 2.75) is 6.54 Å². The first kappa shape index (κ1) is 17.9. The maximum Gasteiger partial charge on any atom is 0.171 e. The normalized spacial score (nSPS) is 12.1. The van der Waals surface area contributed by atoms with Gasteiger partial charge < -0.3 is 10.3 Å². The largest absolute Gasteiger partial charge is 0.380 e. The van der Waals surface area contributed by atoms with E-state index in [2.05, 4.69) is 44.1 Å². The van der Waals surface area contributed by atoms with E-state index in [0.29, 0.717) is 12.2 Å². The number of nitrogens with zero attached hydrogens (tertiary/aromatic N) is 4. The van der Waals surface area contributed by atoms with E-state index in [-0.39, 0.29) is 5.84 Å². The second kappa shape index (κ2) is 8.06. The summed E-state index contributed by atoms with van der Waals surface area (Å²) < 4.78 is 2.17. The van der Waals surface area contributed by atoms with E-state index in [0.717, 1.165) is 27.1 Å². The minimum absolute atomic E-state index is 0.277. The van der Waals surface area contributed by atoms with Crippen molar-refractivity contribution in [3.63, 3.8) is 0 Å². The summed E-state index contributed by atoms with van der Waals surface area (Å²) in [7, 11) is 0. The summed E-state index contributed by atoms with van der Waals surface area (Å²) in [6, 6.07) is 21.5. The third-order valence-electron chi connectivity index (χ3n) is 4.35. The molecule has 2 heterocycles. The van der Waals surface area contributed by atoms with Gasteiger partial charge in [-0.15, -0.1) is 5.10 Å². The molecule has 2 N–H and O–H groups in total. The fourth-order valence-corrected chi connectivity index (χ4v) is 3.27. The van der Waals surface area contributed by atoms with Crippen LogP contribution in [0.25, 0.3) is 10.9 Å². The summed E-state index contributed by atoms with van der Waals surface area (Å²) in [5.41, 5.74) is 9.77. The van der Waals surface area contributed by atoms with Crippen LogP contribution in [0.2, 0.25) is 5.02 Å². The number of benzene rings is 2. The topological polar surface area (TPSA) is 68.6 Å². The summed E-state index contributed by atoms with van der Waals surface area (Å²) >= 11 is 6.12. The van der Waals surface area contributed by atoms with Crippen LogP contribution < -0.4 is 5.73 Å². The van der Waals surface area contributed by atoms with Gasteiger partial charge in [0.2, 0.25) is 0 Å². The molecule has 0 saturated heterocycles. The highest BCUT2D eigenvalue weighted by molar-refractivity contribution is 6.30. The molecular formula is C22H18ClN5. The Balaban J connectivity index is 1.64. The average Bonchev–Trinajstić information content (AvgIpc) is 3.06. The number of rotatable bonds is 5. The standard InChI is InChI=1S/C22H18ClN5/c23-18-7-5-6-16(12-18)14-28-15-17(19-8-1-2-10-21(19)28)13-26-27-22(24)20-9-3-4-11-25-20/h1-13,15H,14H2,(H2,24,27)/b26-13+. The van der Waals surface area contributed by atoms with Gasteiger partial charge in [0.15, 0.2) is 5.84 Å². The number of nitrogens with two attached hydrogens (primary N) is 1. The lowest BCUT2D eigenvalue weighted by Gasteiger charge is -2.05. The lowest BCUT2D eigenvalue weighted by molar-refractivity contribution is 0.836. The van der Waals surface area contributed by atoms with E-state index in [9.17, 15) is 0 Å². The number of hydrogen-bond donors (Lipinski definition) is 1. The molecule has 0 radical (unpaired) electrons. The Bertz CT molecular complexity index is 1160. The zero-order valence-corrected chi connectivity index (χ0v) is 15.8. The van der Waals surface area contributed by atoms with Gasteiger partial charge in [0.25, 0.3) is 0 Å². The summed E-state index contributed by atoms with van der Waals surface area (Å²) in [4.78, 5) is 4.17. The molecule has 0 aliphatic heterocycles. The van der Waals surface area contributed by atoms with Crippen molar-refractivity contribution in [2.75, 3.05) is 0 Å². The van der Waals surface area contributed by atoms with E-state index in [1.165, 1.54) is 0 Å². The molecule has 6 heteroatoms. The van der Waals surface area contributed by atoms with Crippen molar-refractivity contribution < 1.29 is 0 Å². The Labute approximate surface area is 167 Å². The molecule has 0 unspecified atom stereocenters. The lowest BCUT2D eigenvalue weighted by Crippen LogP contribution is -2.14. The highest BCUT2D eigenvalue weighted by atomic mass is 35.5. The van der Waals surface area contributed by atoms with E-state index >= 15 is 0 Å². The molecular weight excluding hydrogens is 370 g/mol. The number of amidine groups is 1. The van der Waals surface area contributed by atoms with Gasteiger partial charge in [-0.05, 0) is 35.9 Å². The van der Waals surface area contributed by atoms with Crippen LogP contribution in [0, 0.1) is 0 Å². The van der Waals surface area contributed by atoms with Crippen LogP contribution in [-0.2, 0) is 6.54 Å². The van der Waals surface area contributed by atoms with Crippen LogP contribution in [0.5, 0.6) is 0 Å². The Morgan fingerprint density at radius 1 is 1.07 bits per heavy atom. The third kappa shape index (κ3) is 3.94. The molecule has 5 nitrogen and oxygen atoms in total. The van der Waals surface area contributed by atoms with Gasteiger partial charge in [0.05, 0.1) is 6.21 Å². The van der Waals surface area contributed by atoms with Crippen LogP contribution in [0.15, 0.2) is 89.3 Å².